The Morgan fingerprint density at radius 2 is 2.18 bits per heavy atom. The van der Waals surface area contributed by atoms with Crippen molar-refractivity contribution in [2.75, 3.05) is 30.4 Å². The third kappa shape index (κ3) is 4.53. The van der Waals surface area contributed by atoms with Gasteiger partial charge in [0.15, 0.2) is 0 Å². The summed E-state index contributed by atoms with van der Waals surface area (Å²) in [6.07, 6.45) is 3.29. The molecule has 17 heavy (non-hydrogen) atoms. The number of hydrogen-bond donors (Lipinski definition) is 2. The zero-order valence-corrected chi connectivity index (χ0v) is 11.6. The average molecular weight is 275 g/mol. The summed E-state index contributed by atoms with van der Waals surface area (Å²) in [5, 5.41) is 3.01. The first-order valence-corrected chi connectivity index (χ1v) is 8.16. The fourth-order valence-corrected chi connectivity index (χ4v) is 2.60. The van der Waals surface area contributed by atoms with Crippen LogP contribution in [-0.4, -0.2) is 38.5 Å². The summed E-state index contributed by atoms with van der Waals surface area (Å²) in [4.78, 5) is 4.22. The standard InChI is InChI=1S/C10H17N3O2S2/c1-3-11-10-5-4-9(8-12-10)17(14,15)13-6-7-16-2/h4-5,8,13H,3,6-7H2,1-2H3,(H,11,12). The Bertz CT molecular complexity index is 431. The maximum atomic E-state index is 11.8. The molecule has 0 aliphatic heterocycles. The zero-order valence-electron chi connectivity index (χ0n) is 9.93. The summed E-state index contributed by atoms with van der Waals surface area (Å²) in [7, 11) is -3.42. The van der Waals surface area contributed by atoms with Gasteiger partial charge in [0.1, 0.15) is 10.7 Å². The molecule has 0 bridgehead atoms. The van der Waals surface area contributed by atoms with Crippen LogP contribution in [0.15, 0.2) is 23.2 Å². The van der Waals surface area contributed by atoms with Crippen LogP contribution in [0.1, 0.15) is 6.92 Å². The Labute approximate surface area is 106 Å². The van der Waals surface area contributed by atoms with Crippen LogP contribution in [0.5, 0.6) is 0 Å². The second kappa shape index (κ2) is 6.83. The quantitative estimate of drug-likeness (QED) is 0.731. The Morgan fingerprint density at radius 1 is 1.41 bits per heavy atom. The maximum Gasteiger partial charge on any atom is 0.242 e. The Balaban J connectivity index is 2.71. The van der Waals surface area contributed by atoms with E-state index in [1.807, 2.05) is 13.2 Å². The third-order valence-corrected chi connectivity index (χ3v) is 4.06. The predicted molar refractivity (Wildman–Crippen MR) is 72.0 cm³/mol. The number of anilines is 1. The minimum atomic E-state index is -3.42. The van der Waals surface area contributed by atoms with Crippen LogP contribution in [0.3, 0.4) is 0 Å². The average Bonchev–Trinajstić information content (AvgIpc) is 2.30. The van der Waals surface area contributed by atoms with Crippen molar-refractivity contribution in [1.82, 2.24) is 9.71 Å². The van der Waals surface area contributed by atoms with E-state index < -0.39 is 10.0 Å². The van der Waals surface area contributed by atoms with E-state index >= 15 is 0 Å². The number of hydrogen-bond acceptors (Lipinski definition) is 5. The van der Waals surface area contributed by atoms with Crippen molar-refractivity contribution in [3.63, 3.8) is 0 Å². The van der Waals surface area contributed by atoms with Gasteiger partial charge in [0.2, 0.25) is 10.0 Å². The van der Waals surface area contributed by atoms with Gasteiger partial charge in [-0.3, -0.25) is 0 Å². The van der Waals surface area contributed by atoms with Crippen LogP contribution in [0, 0.1) is 0 Å². The molecule has 0 fully saturated rings. The van der Waals surface area contributed by atoms with E-state index in [4.69, 9.17) is 0 Å². The van der Waals surface area contributed by atoms with Crippen LogP contribution < -0.4 is 10.0 Å². The van der Waals surface area contributed by atoms with Crippen molar-refractivity contribution in [3.8, 4) is 0 Å². The molecule has 0 aliphatic carbocycles. The molecule has 0 radical (unpaired) electrons. The van der Waals surface area contributed by atoms with Crippen molar-refractivity contribution >= 4 is 27.6 Å². The minimum Gasteiger partial charge on any atom is -0.370 e. The van der Waals surface area contributed by atoms with E-state index in [1.165, 1.54) is 6.20 Å². The molecule has 1 rings (SSSR count). The second-order valence-electron chi connectivity index (χ2n) is 3.30. The van der Waals surface area contributed by atoms with E-state index in [9.17, 15) is 8.42 Å². The van der Waals surface area contributed by atoms with Gasteiger partial charge < -0.3 is 5.32 Å². The molecule has 0 saturated heterocycles. The van der Waals surface area contributed by atoms with E-state index in [0.717, 1.165) is 12.3 Å². The maximum absolute atomic E-state index is 11.8. The fourth-order valence-electron chi connectivity index (χ4n) is 1.19. The number of sulfonamides is 1. The number of pyridine rings is 1. The topological polar surface area (TPSA) is 71.1 Å². The molecule has 1 aromatic rings. The van der Waals surface area contributed by atoms with Crippen molar-refractivity contribution < 1.29 is 8.42 Å². The molecule has 0 spiro atoms. The summed E-state index contributed by atoms with van der Waals surface area (Å²) in [6.45, 7) is 3.14. The van der Waals surface area contributed by atoms with E-state index in [-0.39, 0.29) is 4.90 Å². The first-order valence-electron chi connectivity index (χ1n) is 5.28. The molecule has 1 aromatic heterocycles. The van der Waals surface area contributed by atoms with Gasteiger partial charge in [-0.2, -0.15) is 11.8 Å². The highest BCUT2D eigenvalue weighted by atomic mass is 32.2. The van der Waals surface area contributed by atoms with Crippen molar-refractivity contribution in [2.45, 2.75) is 11.8 Å². The number of nitrogens with one attached hydrogen (secondary N) is 2. The highest BCUT2D eigenvalue weighted by Gasteiger charge is 2.13. The Kier molecular flexibility index (Phi) is 5.73. The fraction of sp³-hybridized carbons (Fsp3) is 0.500. The van der Waals surface area contributed by atoms with E-state index in [2.05, 4.69) is 15.0 Å². The zero-order chi connectivity index (χ0) is 12.7. The molecule has 1 heterocycles. The molecule has 96 valence electrons. The van der Waals surface area contributed by atoms with E-state index in [0.29, 0.717) is 12.4 Å². The second-order valence-corrected chi connectivity index (χ2v) is 6.05. The van der Waals surface area contributed by atoms with Gasteiger partial charge in [-0.05, 0) is 25.3 Å². The Morgan fingerprint density at radius 3 is 2.71 bits per heavy atom. The monoisotopic (exact) mass is 275 g/mol. The van der Waals surface area contributed by atoms with Gasteiger partial charge in [0, 0.05) is 25.0 Å². The lowest BCUT2D eigenvalue weighted by Crippen LogP contribution is -2.26. The molecule has 2 N–H and O–H groups in total. The molecule has 0 atom stereocenters. The lowest BCUT2D eigenvalue weighted by atomic mass is 10.4. The molecule has 0 saturated carbocycles. The molecule has 7 heteroatoms. The highest BCUT2D eigenvalue weighted by molar-refractivity contribution is 7.98. The number of thioether (sulfide) groups is 1. The molecule has 5 nitrogen and oxygen atoms in total. The summed E-state index contributed by atoms with van der Waals surface area (Å²) >= 11 is 1.59. The Hall–Kier alpha value is -0.790. The van der Waals surface area contributed by atoms with Crippen molar-refractivity contribution in [3.05, 3.63) is 18.3 Å². The largest absolute Gasteiger partial charge is 0.370 e. The first-order chi connectivity index (χ1) is 8.10. The highest BCUT2D eigenvalue weighted by Crippen LogP contribution is 2.10. The van der Waals surface area contributed by atoms with Gasteiger partial charge in [-0.25, -0.2) is 18.1 Å². The lowest BCUT2D eigenvalue weighted by Gasteiger charge is -2.06. The number of nitrogens with zero attached hydrogens (tertiary/aromatic N) is 1. The number of aromatic nitrogens is 1. The van der Waals surface area contributed by atoms with Gasteiger partial charge >= 0.3 is 0 Å². The van der Waals surface area contributed by atoms with Crippen molar-refractivity contribution in [1.29, 1.82) is 0 Å². The third-order valence-electron chi connectivity index (χ3n) is 2.00. The van der Waals surface area contributed by atoms with Crippen molar-refractivity contribution in [2.24, 2.45) is 0 Å². The molecule has 0 unspecified atom stereocenters. The lowest BCUT2D eigenvalue weighted by molar-refractivity contribution is 0.584. The summed E-state index contributed by atoms with van der Waals surface area (Å²) in [5.41, 5.74) is 0. The molecular formula is C10H17N3O2S2. The summed E-state index contributed by atoms with van der Waals surface area (Å²) in [5.74, 6) is 1.43. The van der Waals surface area contributed by atoms with Crippen LogP contribution in [0.25, 0.3) is 0 Å². The molecule has 0 aliphatic rings. The van der Waals surface area contributed by atoms with Gasteiger partial charge in [-0.1, -0.05) is 0 Å². The number of rotatable bonds is 7. The minimum absolute atomic E-state index is 0.195. The SMILES string of the molecule is CCNc1ccc(S(=O)(=O)NCCSC)cn1. The smallest absolute Gasteiger partial charge is 0.242 e. The van der Waals surface area contributed by atoms with Gasteiger partial charge in [-0.15, -0.1) is 0 Å². The first kappa shape index (κ1) is 14.3. The van der Waals surface area contributed by atoms with E-state index in [1.54, 1.807) is 23.9 Å². The molecular weight excluding hydrogens is 258 g/mol. The van der Waals surface area contributed by atoms with Crippen LogP contribution in [-0.2, 0) is 10.0 Å². The summed E-state index contributed by atoms with van der Waals surface area (Å²) in [6, 6.07) is 3.21. The molecule has 0 aromatic carbocycles. The van der Waals surface area contributed by atoms with Crippen LogP contribution in [0.4, 0.5) is 5.82 Å². The predicted octanol–water partition coefficient (Wildman–Crippen LogP) is 1.15. The molecule has 0 amide bonds. The summed E-state index contributed by atoms with van der Waals surface area (Å²) < 4.78 is 26.1. The van der Waals surface area contributed by atoms with Gasteiger partial charge in [0.25, 0.3) is 0 Å². The van der Waals surface area contributed by atoms with Crippen LogP contribution in [0.2, 0.25) is 0 Å². The normalized spacial score (nSPS) is 11.4. The van der Waals surface area contributed by atoms with Crippen LogP contribution >= 0.6 is 11.8 Å². The van der Waals surface area contributed by atoms with Gasteiger partial charge in [0.05, 0.1) is 0 Å².